The summed E-state index contributed by atoms with van der Waals surface area (Å²) in [6.45, 7) is 12.5. The van der Waals surface area contributed by atoms with Crippen LogP contribution in [0.4, 0.5) is 0 Å². The van der Waals surface area contributed by atoms with E-state index in [4.69, 9.17) is 4.74 Å². The Kier molecular flexibility index (Phi) is 8.10. The van der Waals surface area contributed by atoms with Crippen LogP contribution in [-0.2, 0) is 9.53 Å². The van der Waals surface area contributed by atoms with Crippen molar-refractivity contribution < 1.29 is 9.53 Å². The summed E-state index contributed by atoms with van der Waals surface area (Å²) in [5.41, 5.74) is 2.20. The molecule has 0 spiro atoms. The molecule has 0 saturated carbocycles. The van der Waals surface area contributed by atoms with Crippen molar-refractivity contribution in [2.75, 3.05) is 0 Å². The molecule has 102 valence electrons. The quantitative estimate of drug-likeness (QED) is 0.442. The second-order valence-electron chi connectivity index (χ2n) is 5.14. The summed E-state index contributed by atoms with van der Waals surface area (Å²) in [6, 6.07) is 0. The van der Waals surface area contributed by atoms with Gasteiger partial charge in [0.25, 0.3) is 6.47 Å². The number of allylic oxidation sites excluding steroid dienone is 4. The Morgan fingerprint density at radius 3 is 2.39 bits per heavy atom. The van der Waals surface area contributed by atoms with Gasteiger partial charge in [-0.3, -0.25) is 4.79 Å². The van der Waals surface area contributed by atoms with Gasteiger partial charge in [0, 0.05) is 0 Å². The summed E-state index contributed by atoms with van der Waals surface area (Å²) in [5, 5.41) is 0. The Labute approximate surface area is 111 Å². The smallest absolute Gasteiger partial charge is 0.293 e. The molecular weight excluding hydrogens is 224 g/mol. The lowest BCUT2D eigenvalue weighted by Crippen LogP contribution is -2.24. The van der Waals surface area contributed by atoms with Gasteiger partial charge >= 0.3 is 0 Å². The van der Waals surface area contributed by atoms with E-state index in [9.17, 15) is 4.79 Å². The van der Waals surface area contributed by atoms with Gasteiger partial charge in [0.1, 0.15) is 5.60 Å². The summed E-state index contributed by atoms with van der Waals surface area (Å²) in [4.78, 5) is 10.4. The molecule has 0 aliphatic rings. The zero-order chi connectivity index (χ0) is 14.0. The average Bonchev–Trinajstić information content (AvgIpc) is 2.29. The first-order valence-corrected chi connectivity index (χ1v) is 6.47. The molecule has 2 heteroatoms. The van der Waals surface area contributed by atoms with E-state index in [0.29, 0.717) is 6.47 Å². The molecule has 0 amide bonds. The number of carbonyl (C=O) groups excluding carboxylic acids is 1. The summed E-state index contributed by atoms with van der Waals surface area (Å²) in [7, 11) is 0. The molecule has 0 rings (SSSR count). The van der Waals surface area contributed by atoms with E-state index in [1.807, 2.05) is 6.92 Å². The standard InChI is InChI=1S/C16H26O2/c1-6-16(5,18-13-17)12-8-11-15(4)10-7-9-14(2)3/h6,9,11,13H,1,7-8,10,12H2,2-5H3/b15-11+/t16-/m1/s1. The van der Waals surface area contributed by atoms with Crippen LogP contribution in [0.25, 0.3) is 0 Å². The molecule has 0 heterocycles. The van der Waals surface area contributed by atoms with Crippen LogP contribution in [0.5, 0.6) is 0 Å². The molecule has 0 aromatic rings. The minimum Gasteiger partial charge on any atom is -0.457 e. The molecule has 0 saturated heterocycles. The van der Waals surface area contributed by atoms with E-state index in [2.05, 4.69) is 39.5 Å². The number of hydrogen-bond acceptors (Lipinski definition) is 2. The third-order valence-corrected chi connectivity index (χ3v) is 2.97. The second kappa shape index (κ2) is 8.73. The van der Waals surface area contributed by atoms with Crippen molar-refractivity contribution in [2.24, 2.45) is 0 Å². The second-order valence-corrected chi connectivity index (χ2v) is 5.14. The molecule has 0 N–H and O–H groups in total. The van der Waals surface area contributed by atoms with Crippen LogP contribution in [-0.4, -0.2) is 12.1 Å². The molecule has 18 heavy (non-hydrogen) atoms. The molecule has 0 bridgehead atoms. The third-order valence-electron chi connectivity index (χ3n) is 2.97. The fourth-order valence-electron chi connectivity index (χ4n) is 1.61. The number of carbonyl (C=O) groups is 1. The monoisotopic (exact) mass is 250 g/mol. The van der Waals surface area contributed by atoms with Crippen molar-refractivity contribution in [3.05, 3.63) is 36.0 Å². The van der Waals surface area contributed by atoms with Gasteiger partial charge in [0.05, 0.1) is 0 Å². The van der Waals surface area contributed by atoms with Crippen molar-refractivity contribution >= 4 is 6.47 Å². The van der Waals surface area contributed by atoms with Crippen LogP contribution in [0.15, 0.2) is 36.0 Å². The van der Waals surface area contributed by atoms with Crippen LogP contribution in [0.3, 0.4) is 0 Å². The molecule has 2 nitrogen and oxygen atoms in total. The Morgan fingerprint density at radius 2 is 1.89 bits per heavy atom. The topological polar surface area (TPSA) is 26.3 Å². The van der Waals surface area contributed by atoms with E-state index in [0.717, 1.165) is 25.7 Å². The SMILES string of the molecule is C=C[C@](C)(CC/C=C(\C)CCC=C(C)C)OC=O. The molecule has 1 atom stereocenters. The Hall–Kier alpha value is -1.31. The fraction of sp³-hybridized carbons (Fsp3) is 0.562. The van der Waals surface area contributed by atoms with Crippen molar-refractivity contribution in [2.45, 2.75) is 59.0 Å². The van der Waals surface area contributed by atoms with Gasteiger partial charge in [0.15, 0.2) is 0 Å². The Balaban J connectivity index is 4.09. The van der Waals surface area contributed by atoms with Crippen LogP contribution in [0, 0.1) is 0 Å². The zero-order valence-electron chi connectivity index (χ0n) is 12.2. The van der Waals surface area contributed by atoms with E-state index >= 15 is 0 Å². The maximum absolute atomic E-state index is 10.4. The Morgan fingerprint density at radius 1 is 1.22 bits per heavy atom. The highest BCUT2D eigenvalue weighted by molar-refractivity contribution is 5.39. The van der Waals surface area contributed by atoms with Crippen LogP contribution >= 0.6 is 0 Å². The van der Waals surface area contributed by atoms with E-state index in [-0.39, 0.29) is 0 Å². The maximum Gasteiger partial charge on any atom is 0.293 e. The predicted molar refractivity (Wildman–Crippen MR) is 77.4 cm³/mol. The van der Waals surface area contributed by atoms with Crippen LogP contribution in [0.2, 0.25) is 0 Å². The normalized spacial score (nSPS) is 14.6. The predicted octanol–water partition coefficient (Wildman–Crippen LogP) is 4.58. The van der Waals surface area contributed by atoms with Gasteiger partial charge < -0.3 is 4.74 Å². The van der Waals surface area contributed by atoms with E-state index in [1.165, 1.54) is 11.1 Å². The number of hydrogen-bond donors (Lipinski definition) is 0. The van der Waals surface area contributed by atoms with E-state index in [1.54, 1.807) is 6.08 Å². The lowest BCUT2D eigenvalue weighted by atomic mass is 9.98. The van der Waals surface area contributed by atoms with Crippen molar-refractivity contribution in [3.63, 3.8) is 0 Å². The molecule has 0 unspecified atom stereocenters. The van der Waals surface area contributed by atoms with Crippen molar-refractivity contribution in [3.8, 4) is 0 Å². The minimum atomic E-state index is -0.543. The van der Waals surface area contributed by atoms with Gasteiger partial charge in [-0.25, -0.2) is 0 Å². The van der Waals surface area contributed by atoms with E-state index < -0.39 is 5.60 Å². The molecular formula is C16H26O2. The Bertz CT molecular complexity index is 322. The highest BCUT2D eigenvalue weighted by atomic mass is 16.5. The third kappa shape index (κ3) is 7.88. The maximum atomic E-state index is 10.4. The average molecular weight is 250 g/mol. The van der Waals surface area contributed by atoms with Crippen molar-refractivity contribution in [1.29, 1.82) is 0 Å². The summed E-state index contributed by atoms with van der Waals surface area (Å²) in [5.74, 6) is 0. The lowest BCUT2D eigenvalue weighted by Gasteiger charge is -2.22. The molecule has 0 aliphatic carbocycles. The molecule has 0 aromatic heterocycles. The first-order chi connectivity index (χ1) is 8.43. The minimum absolute atomic E-state index is 0.493. The summed E-state index contributed by atoms with van der Waals surface area (Å²) >= 11 is 0. The molecule has 0 radical (unpaired) electrons. The van der Waals surface area contributed by atoms with Gasteiger partial charge in [-0.05, 0) is 59.5 Å². The molecule has 0 aromatic carbocycles. The summed E-state index contributed by atoms with van der Waals surface area (Å²) in [6.07, 6.45) is 10.0. The lowest BCUT2D eigenvalue weighted by molar-refractivity contribution is -0.138. The number of rotatable bonds is 9. The van der Waals surface area contributed by atoms with Gasteiger partial charge in [-0.1, -0.05) is 29.9 Å². The first kappa shape index (κ1) is 16.7. The largest absolute Gasteiger partial charge is 0.457 e. The van der Waals surface area contributed by atoms with Crippen molar-refractivity contribution in [1.82, 2.24) is 0 Å². The fourth-order valence-corrected chi connectivity index (χ4v) is 1.61. The van der Waals surface area contributed by atoms with Gasteiger partial charge in [0.2, 0.25) is 0 Å². The van der Waals surface area contributed by atoms with Gasteiger partial charge in [-0.15, -0.1) is 0 Å². The number of ether oxygens (including phenoxy) is 1. The zero-order valence-corrected chi connectivity index (χ0v) is 12.2. The van der Waals surface area contributed by atoms with Gasteiger partial charge in [-0.2, -0.15) is 0 Å². The van der Waals surface area contributed by atoms with Crippen LogP contribution in [0.1, 0.15) is 53.4 Å². The summed E-state index contributed by atoms with van der Waals surface area (Å²) < 4.78 is 5.04. The first-order valence-electron chi connectivity index (χ1n) is 6.47. The van der Waals surface area contributed by atoms with Crippen LogP contribution < -0.4 is 0 Å². The molecule has 0 fully saturated rings. The molecule has 0 aliphatic heterocycles. The highest BCUT2D eigenvalue weighted by Crippen LogP contribution is 2.19. The highest BCUT2D eigenvalue weighted by Gasteiger charge is 2.19.